The summed E-state index contributed by atoms with van der Waals surface area (Å²) in [5.74, 6) is -0.389. The number of nitrogens with one attached hydrogen (secondary N) is 1. The van der Waals surface area contributed by atoms with Crippen molar-refractivity contribution in [3.63, 3.8) is 0 Å². The second-order valence-electron chi connectivity index (χ2n) is 10.6. The van der Waals surface area contributed by atoms with E-state index < -0.39 is 16.1 Å². The van der Waals surface area contributed by atoms with Gasteiger partial charge < -0.3 is 9.47 Å². The van der Waals surface area contributed by atoms with E-state index in [0.29, 0.717) is 18.0 Å². The van der Waals surface area contributed by atoms with E-state index >= 15 is 0 Å². The summed E-state index contributed by atoms with van der Waals surface area (Å²) in [7, 11) is 2.30. The van der Waals surface area contributed by atoms with Crippen LogP contribution in [0, 0.1) is 0 Å². The van der Waals surface area contributed by atoms with Gasteiger partial charge in [-0.15, -0.1) is 0 Å². The van der Waals surface area contributed by atoms with Crippen LogP contribution in [0.25, 0.3) is 28.2 Å². The van der Waals surface area contributed by atoms with Crippen molar-refractivity contribution in [3.05, 3.63) is 64.7 Å². The first kappa shape index (κ1) is 26.2. The number of fused-ring (bicyclic) bond motifs is 5. The highest BCUT2D eigenvalue weighted by atomic mass is 32.2. The molecule has 0 unspecified atom stereocenters. The molecule has 2 aliphatic rings. The van der Waals surface area contributed by atoms with Crippen LogP contribution in [0.1, 0.15) is 59.5 Å². The average molecular weight is 535 g/mol. The number of carbonyl (C=O) groups is 2. The van der Waals surface area contributed by atoms with E-state index in [2.05, 4.69) is 15.4 Å². The van der Waals surface area contributed by atoms with Crippen molar-refractivity contribution in [1.82, 2.24) is 18.5 Å². The van der Waals surface area contributed by atoms with E-state index in [1.165, 1.54) is 38.9 Å². The largest absolute Gasteiger partial charge is 0.345 e. The van der Waals surface area contributed by atoms with Crippen LogP contribution in [-0.2, 0) is 21.5 Å². The second kappa shape index (κ2) is 10.0. The third-order valence-corrected chi connectivity index (χ3v) is 9.04. The molecule has 8 nitrogen and oxygen atoms in total. The highest BCUT2D eigenvalue weighted by Crippen LogP contribution is 2.46. The van der Waals surface area contributed by atoms with Crippen molar-refractivity contribution in [1.29, 1.82) is 0 Å². The molecule has 3 aromatic rings. The Bertz CT molecular complexity index is 1560. The van der Waals surface area contributed by atoms with Crippen molar-refractivity contribution >= 4 is 39.0 Å². The first-order chi connectivity index (χ1) is 18.1. The Labute approximate surface area is 224 Å². The highest BCUT2D eigenvalue weighted by molar-refractivity contribution is 7.87. The normalized spacial score (nSPS) is 16.0. The summed E-state index contributed by atoms with van der Waals surface area (Å²) in [6.45, 7) is 0.352. The van der Waals surface area contributed by atoms with Crippen molar-refractivity contribution in [2.75, 3.05) is 28.2 Å². The van der Waals surface area contributed by atoms with Gasteiger partial charge in [-0.3, -0.25) is 9.59 Å². The summed E-state index contributed by atoms with van der Waals surface area (Å²) >= 11 is 0. The van der Waals surface area contributed by atoms with Crippen LogP contribution in [0.3, 0.4) is 0 Å². The molecule has 0 bridgehead atoms. The van der Waals surface area contributed by atoms with Crippen LogP contribution >= 0.6 is 0 Å². The highest BCUT2D eigenvalue weighted by Gasteiger charge is 2.30. The van der Waals surface area contributed by atoms with Crippen molar-refractivity contribution in [3.8, 4) is 11.3 Å². The Kier molecular flexibility index (Phi) is 6.92. The first-order valence-corrected chi connectivity index (χ1v) is 14.4. The van der Waals surface area contributed by atoms with Gasteiger partial charge in [0.25, 0.3) is 11.8 Å². The zero-order valence-electron chi connectivity index (χ0n) is 22.3. The third-order valence-electron chi connectivity index (χ3n) is 7.64. The van der Waals surface area contributed by atoms with Crippen molar-refractivity contribution in [2.24, 2.45) is 0 Å². The SMILES string of the molecule is CN(C)C(=O)C1=Cc2ccccc2-c2c(C3CCCCC3)c3ccc(C(=O)NS(=O)(=O)N(C)C)cc3n2C1. The number of rotatable bonds is 5. The molecule has 1 saturated carbocycles. The second-order valence-corrected chi connectivity index (χ2v) is 12.5. The molecule has 9 heteroatoms. The maximum atomic E-state index is 13.2. The molecule has 2 aromatic carbocycles. The Morgan fingerprint density at radius 3 is 2.37 bits per heavy atom. The standard InChI is InChI=1S/C29H34N4O4S/c1-31(2)29(35)22-16-20-12-8-9-13-23(20)27-26(19-10-6-5-7-11-19)24-15-14-21(17-25(24)33(27)18-22)28(34)30-38(36,37)32(3)4/h8-9,12-17,19H,5-7,10-11,18H2,1-4H3,(H,30,34). The fourth-order valence-corrected chi connectivity index (χ4v) is 6.24. The number of nitrogens with zero attached hydrogens (tertiary/aromatic N) is 3. The molecular weight excluding hydrogens is 500 g/mol. The third kappa shape index (κ3) is 4.65. The quantitative estimate of drug-likeness (QED) is 0.526. The summed E-state index contributed by atoms with van der Waals surface area (Å²) in [5.41, 5.74) is 6.12. The molecule has 1 N–H and O–H groups in total. The van der Waals surface area contributed by atoms with E-state index in [0.717, 1.165) is 44.9 Å². The molecule has 0 saturated heterocycles. The van der Waals surface area contributed by atoms with Crippen molar-refractivity contribution in [2.45, 2.75) is 44.6 Å². The zero-order chi connectivity index (χ0) is 27.2. The summed E-state index contributed by atoms with van der Waals surface area (Å²) in [6, 6.07) is 13.5. The molecule has 1 aliphatic carbocycles. The van der Waals surface area contributed by atoms with Crippen LogP contribution in [0.2, 0.25) is 0 Å². The maximum Gasteiger partial charge on any atom is 0.303 e. The van der Waals surface area contributed by atoms with Crippen molar-refractivity contribution < 1.29 is 18.0 Å². The lowest BCUT2D eigenvalue weighted by Crippen LogP contribution is -2.39. The van der Waals surface area contributed by atoms with Crippen LogP contribution < -0.4 is 4.72 Å². The minimum atomic E-state index is -3.94. The lowest BCUT2D eigenvalue weighted by Gasteiger charge is -2.24. The van der Waals surface area contributed by atoms with Gasteiger partial charge in [-0.05, 0) is 48.1 Å². The van der Waals surface area contributed by atoms with E-state index in [9.17, 15) is 18.0 Å². The van der Waals surface area contributed by atoms with E-state index in [-0.39, 0.29) is 11.5 Å². The van der Waals surface area contributed by atoms with Crippen LogP contribution in [0.5, 0.6) is 0 Å². The van der Waals surface area contributed by atoms with Gasteiger partial charge in [0.2, 0.25) is 0 Å². The molecule has 1 fully saturated rings. The van der Waals surface area contributed by atoms with Gasteiger partial charge in [0.05, 0.1) is 12.2 Å². The number of likely N-dealkylation sites (N-methyl/N-ethyl adjacent to an activating group) is 1. The Balaban J connectivity index is 1.75. The van der Waals surface area contributed by atoms with Gasteiger partial charge in [0, 0.05) is 55.8 Å². The fraction of sp³-hybridized carbons (Fsp3) is 0.379. The number of amides is 2. The Morgan fingerprint density at radius 1 is 0.974 bits per heavy atom. The molecule has 2 amide bonds. The smallest absolute Gasteiger partial charge is 0.303 e. The van der Waals surface area contributed by atoms with Crippen LogP contribution in [0.4, 0.5) is 0 Å². The number of hydrogen-bond acceptors (Lipinski definition) is 4. The summed E-state index contributed by atoms with van der Waals surface area (Å²) in [6.07, 6.45) is 7.73. The molecule has 2 heterocycles. The van der Waals surface area contributed by atoms with Gasteiger partial charge in [-0.2, -0.15) is 12.7 Å². The molecule has 1 aliphatic heterocycles. The number of benzene rings is 2. The van der Waals surface area contributed by atoms with Gasteiger partial charge in [-0.25, -0.2) is 4.72 Å². The molecule has 0 spiro atoms. The zero-order valence-corrected chi connectivity index (χ0v) is 23.1. The lowest BCUT2D eigenvalue weighted by atomic mass is 9.81. The Morgan fingerprint density at radius 2 is 1.68 bits per heavy atom. The minimum Gasteiger partial charge on any atom is -0.345 e. The van der Waals surface area contributed by atoms with Crippen LogP contribution in [0.15, 0.2) is 48.0 Å². The predicted octanol–water partition coefficient (Wildman–Crippen LogP) is 4.38. The molecule has 0 radical (unpaired) electrons. The average Bonchev–Trinajstić information content (AvgIpc) is 3.10. The minimum absolute atomic E-state index is 0.0697. The van der Waals surface area contributed by atoms with E-state index in [1.807, 2.05) is 30.3 Å². The molecule has 200 valence electrons. The summed E-state index contributed by atoms with van der Waals surface area (Å²) in [4.78, 5) is 27.8. The summed E-state index contributed by atoms with van der Waals surface area (Å²) < 4.78 is 29.9. The van der Waals surface area contributed by atoms with Gasteiger partial charge in [0.1, 0.15) is 0 Å². The maximum absolute atomic E-state index is 13.2. The first-order valence-electron chi connectivity index (χ1n) is 13.0. The molecule has 38 heavy (non-hydrogen) atoms. The number of hydrogen-bond donors (Lipinski definition) is 1. The predicted molar refractivity (Wildman–Crippen MR) is 150 cm³/mol. The van der Waals surface area contributed by atoms with Crippen LogP contribution in [-0.4, -0.2) is 62.2 Å². The van der Waals surface area contributed by atoms with E-state index in [4.69, 9.17) is 0 Å². The topological polar surface area (TPSA) is 91.7 Å². The van der Waals surface area contributed by atoms with Gasteiger partial charge in [-0.1, -0.05) is 49.6 Å². The fourth-order valence-electron chi connectivity index (χ4n) is 5.70. The molecule has 1 aromatic heterocycles. The van der Waals surface area contributed by atoms with E-state index in [1.54, 1.807) is 31.1 Å². The number of aromatic nitrogens is 1. The molecule has 5 rings (SSSR count). The summed E-state index contributed by atoms with van der Waals surface area (Å²) in [5, 5.41) is 1.05. The molecule has 0 atom stereocenters. The lowest BCUT2D eigenvalue weighted by molar-refractivity contribution is -0.124. The Hall–Kier alpha value is -3.43. The number of carbonyl (C=O) groups excluding carboxylic acids is 2. The molecular formula is C29H34N4O4S. The van der Waals surface area contributed by atoms with Gasteiger partial charge in [0.15, 0.2) is 0 Å². The monoisotopic (exact) mass is 534 g/mol. The van der Waals surface area contributed by atoms with Gasteiger partial charge >= 0.3 is 10.2 Å².